The Bertz CT molecular complexity index is 1700. The summed E-state index contributed by atoms with van der Waals surface area (Å²) in [5, 5.41) is 14.4. The number of urea groups is 1. The molecule has 326 valence electrons. The molecule has 4 aliphatic carbocycles. The van der Waals surface area contributed by atoms with Gasteiger partial charge in [0.25, 0.3) is 5.91 Å². The first-order valence-electron chi connectivity index (χ1n) is 21.7. The highest BCUT2D eigenvalue weighted by atomic mass is 32.2. The number of carbonyl (C=O) groups excluding carboxylic acids is 6. The molecule has 5 aliphatic rings. The second kappa shape index (κ2) is 17.6. The molecule has 5 N–H and O–H groups in total. The minimum Gasteiger partial charge on any atom is -0.346 e. The summed E-state index contributed by atoms with van der Waals surface area (Å²) in [4.78, 5) is 84.9. The molecule has 0 radical (unpaired) electrons. The van der Waals surface area contributed by atoms with Crippen molar-refractivity contribution in [3.05, 3.63) is 12.7 Å². The average molecular weight is 831 g/mol. The molecule has 6 amide bonds. The number of fused-ring (bicyclic) bond motifs is 1. The number of nitrogens with zero attached hydrogens (tertiary/aromatic N) is 1. The SMILES string of the molecule is C=CCNC(=O)C(=O)C(CC1CC1)NC(=O)[C@@H]1[C@H]2C[C@H]2CN1C(=O)[C@@H](NC(=O)[C@@H](NC(=O)NC1(CS(=O)(=O)C(C)(C)C)CCCCC1)C1(C)CCCCC1)C(C)(C)C. The highest BCUT2D eigenvalue weighted by Crippen LogP contribution is 2.50. The fourth-order valence-electron chi connectivity index (χ4n) is 9.38. The number of piperidine rings is 1. The molecule has 1 heterocycles. The number of ketones is 1. The van der Waals surface area contributed by atoms with Gasteiger partial charge in [0.05, 0.1) is 22.1 Å². The van der Waals surface area contributed by atoms with Crippen LogP contribution in [0.15, 0.2) is 12.7 Å². The van der Waals surface area contributed by atoms with Crippen molar-refractivity contribution in [2.24, 2.45) is 28.6 Å². The van der Waals surface area contributed by atoms with Gasteiger partial charge < -0.3 is 31.5 Å². The summed E-state index contributed by atoms with van der Waals surface area (Å²) in [6.07, 6.45) is 12.0. The highest BCUT2D eigenvalue weighted by molar-refractivity contribution is 7.92. The summed E-state index contributed by atoms with van der Waals surface area (Å²) in [5.41, 5.74) is -2.42. The van der Waals surface area contributed by atoms with Crippen LogP contribution in [0, 0.1) is 28.6 Å². The first-order chi connectivity index (χ1) is 27.0. The van der Waals surface area contributed by atoms with Gasteiger partial charge in [0.1, 0.15) is 18.1 Å². The molecule has 0 aromatic rings. The van der Waals surface area contributed by atoms with Crippen LogP contribution in [0.3, 0.4) is 0 Å². The minimum atomic E-state index is -3.59. The van der Waals surface area contributed by atoms with Gasteiger partial charge in [-0.05, 0) is 87.9 Å². The van der Waals surface area contributed by atoms with Crippen LogP contribution >= 0.6 is 0 Å². The fraction of sp³-hybridized carbons (Fsp3) is 0.814. The van der Waals surface area contributed by atoms with Crippen LogP contribution in [-0.2, 0) is 33.8 Å². The topological polar surface area (TPSA) is 200 Å². The maximum Gasteiger partial charge on any atom is 0.315 e. The number of carbonyl (C=O) groups is 6. The van der Waals surface area contributed by atoms with Gasteiger partial charge in [-0.3, -0.25) is 24.0 Å². The second-order valence-corrected chi connectivity index (χ2v) is 23.2. The first kappa shape index (κ1) is 45.6. The predicted molar refractivity (Wildman–Crippen MR) is 222 cm³/mol. The Labute approximate surface area is 345 Å². The van der Waals surface area contributed by atoms with Crippen LogP contribution in [0.4, 0.5) is 4.79 Å². The molecule has 14 nitrogen and oxygen atoms in total. The Morgan fingerprint density at radius 1 is 0.862 bits per heavy atom. The number of Topliss-reactive ketones (excluding diaryl/α,β-unsaturated/α-hetero) is 1. The van der Waals surface area contributed by atoms with E-state index in [0.717, 1.165) is 57.8 Å². The van der Waals surface area contributed by atoms with E-state index in [2.05, 4.69) is 33.2 Å². The molecule has 15 heteroatoms. The van der Waals surface area contributed by atoms with Crippen molar-refractivity contribution < 1.29 is 37.2 Å². The molecule has 1 aliphatic heterocycles. The maximum absolute atomic E-state index is 14.7. The van der Waals surface area contributed by atoms with Gasteiger partial charge in [0, 0.05) is 13.1 Å². The fourth-order valence-corrected chi connectivity index (χ4v) is 10.9. The average Bonchev–Trinajstić information content (AvgIpc) is 4.07. The smallest absolute Gasteiger partial charge is 0.315 e. The molecule has 0 bridgehead atoms. The second-order valence-electron chi connectivity index (χ2n) is 20.5. The lowest BCUT2D eigenvalue weighted by Crippen LogP contribution is -2.66. The van der Waals surface area contributed by atoms with E-state index in [1.54, 1.807) is 20.8 Å². The monoisotopic (exact) mass is 830 g/mol. The summed E-state index contributed by atoms with van der Waals surface area (Å²) >= 11 is 0. The standard InChI is InChI=1S/C43H70N6O8S/c1-9-22-44-36(52)32(50)30(23-27-16-17-27)45-35(51)31-29-24-28(29)25-49(31)38(54)34(40(2,3)4)46-37(53)33(42(8)18-12-10-13-19-42)47-39(55)48-43(20-14-11-15-21-43)26-58(56,57)41(5,6)7/h9,27-31,33-34H,1,10-26H2,2-8H3,(H,44,52)(H,45,51)(H,46,53)(H2,47,48,55)/t28-,29-,30?,31-,33+,34+/m0/s1. The third kappa shape index (κ3) is 10.8. The van der Waals surface area contributed by atoms with Crippen molar-refractivity contribution in [3.63, 3.8) is 0 Å². The molecule has 5 fully saturated rings. The molecule has 0 spiro atoms. The number of rotatable bonds is 16. The largest absolute Gasteiger partial charge is 0.346 e. The van der Waals surface area contributed by atoms with Crippen LogP contribution in [0.5, 0.6) is 0 Å². The molecule has 0 aromatic carbocycles. The summed E-state index contributed by atoms with van der Waals surface area (Å²) in [5.74, 6) is -2.90. The lowest BCUT2D eigenvalue weighted by molar-refractivity contribution is -0.146. The maximum atomic E-state index is 14.7. The van der Waals surface area contributed by atoms with Crippen LogP contribution in [-0.4, -0.2) is 102 Å². The van der Waals surface area contributed by atoms with Gasteiger partial charge in [-0.2, -0.15) is 0 Å². The highest BCUT2D eigenvalue weighted by Gasteiger charge is 2.59. The third-order valence-corrected chi connectivity index (χ3v) is 16.2. The Balaban J connectivity index is 1.35. The lowest BCUT2D eigenvalue weighted by Gasteiger charge is -2.43. The third-order valence-electron chi connectivity index (χ3n) is 13.4. The van der Waals surface area contributed by atoms with E-state index >= 15 is 0 Å². The summed E-state index contributed by atoms with van der Waals surface area (Å²) in [7, 11) is -3.59. The van der Waals surface area contributed by atoms with Crippen LogP contribution < -0.4 is 26.6 Å². The van der Waals surface area contributed by atoms with Crippen molar-refractivity contribution in [3.8, 4) is 0 Å². The zero-order chi connectivity index (χ0) is 42.8. The van der Waals surface area contributed by atoms with Gasteiger partial charge in [-0.15, -0.1) is 6.58 Å². The van der Waals surface area contributed by atoms with E-state index in [0.29, 0.717) is 38.6 Å². The molecule has 5 rings (SSSR count). The van der Waals surface area contributed by atoms with E-state index in [1.807, 2.05) is 27.7 Å². The van der Waals surface area contributed by atoms with Crippen molar-refractivity contribution in [1.82, 2.24) is 31.5 Å². The number of likely N-dealkylation sites (tertiary alicyclic amines) is 1. The molecular formula is C43H70N6O8S. The molecular weight excluding hydrogens is 761 g/mol. The predicted octanol–water partition coefficient (Wildman–Crippen LogP) is 4.07. The van der Waals surface area contributed by atoms with Gasteiger partial charge >= 0.3 is 6.03 Å². The number of hydrogen-bond donors (Lipinski definition) is 5. The number of hydrogen-bond acceptors (Lipinski definition) is 8. The van der Waals surface area contributed by atoms with Gasteiger partial charge in [-0.25, -0.2) is 13.2 Å². The van der Waals surface area contributed by atoms with Crippen molar-refractivity contribution in [2.75, 3.05) is 18.8 Å². The van der Waals surface area contributed by atoms with Crippen LogP contribution in [0.1, 0.15) is 138 Å². The van der Waals surface area contributed by atoms with Crippen LogP contribution in [0.2, 0.25) is 0 Å². The Morgan fingerprint density at radius 2 is 1.47 bits per heavy atom. The summed E-state index contributed by atoms with van der Waals surface area (Å²) in [6, 6.07) is -4.59. The minimum absolute atomic E-state index is 0.0972. The first-order valence-corrected chi connectivity index (χ1v) is 23.3. The zero-order valence-electron chi connectivity index (χ0n) is 36.0. The lowest BCUT2D eigenvalue weighted by atomic mass is 9.70. The van der Waals surface area contributed by atoms with E-state index in [-0.39, 0.29) is 30.1 Å². The summed E-state index contributed by atoms with van der Waals surface area (Å²) < 4.78 is 25.9. The van der Waals surface area contributed by atoms with E-state index in [4.69, 9.17) is 0 Å². The number of amides is 6. The van der Waals surface area contributed by atoms with E-state index in [1.165, 1.54) is 11.0 Å². The molecule has 6 atom stereocenters. The van der Waals surface area contributed by atoms with Crippen LogP contribution in [0.25, 0.3) is 0 Å². The normalized spacial score (nSPS) is 25.5. The molecule has 1 unspecified atom stereocenters. The Morgan fingerprint density at radius 3 is 2.02 bits per heavy atom. The van der Waals surface area contributed by atoms with Crippen molar-refractivity contribution in [2.45, 2.75) is 173 Å². The van der Waals surface area contributed by atoms with Crippen molar-refractivity contribution >= 4 is 45.3 Å². The number of sulfone groups is 1. The Hall–Kier alpha value is -3.49. The molecule has 1 saturated heterocycles. The van der Waals surface area contributed by atoms with Gasteiger partial charge in [0.15, 0.2) is 9.84 Å². The van der Waals surface area contributed by atoms with Gasteiger partial charge in [-0.1, -0.05) is 85.1 Å². The Kier molecular flexibility index (Phi) is 13.8. The van der Waals surface area contributed by atoms with Crippen molar-refractivity contribution in [1.29, 1.82) is 0 Å². The quantitative estimate of drug-likeness (QED) is 0.113. The van der Waals surface area contributed by atoms with E-state index in [9.17, 15) is 37.2 Å². The molecule has 58 heavy (non-hydrogen) atoms. The number of nitrogens with one attached hydrogen (secondary N) is 5. The zero-order valence-corrected chi connectivity index (χ0v) is 36.8. The molecule has 0 aromatic heterocycles. The molecule has 4 saturated carbocycles. The van der Waals surface area contributed by atoms with Gasteiger partial charge in [0.2, 0.25) is 23.5 Å². The van der Waals surface area contributed by atoms with E-state index < -0.39 is 90.6 Å². The summed E-state index contributed by atoms with van der Waals surface area (Å²) in [6.45, 7) is 16.5.